The van der Waals surface area contributed by atoms with Crippen molar-refractivity contribution in [1.82, 2.24) is 10.2 Å². The first-order chi connectivity index (χ1) is 14.8. The largest absolute Gasteiger partial charge is 0.368 e. The van der Waals surface area contributed by atoms with Crippen molar-refractivity contribution in [3.63, 3.8) is 0 Å². The van der Waals surface area contributed by atoms with Gasteiger partial charge in [-0.3, -0.25) is 14.4 Å². The summed E-state index contributed by atoms with van der Waals surface area (Å²) in [5, 5.41) is 2.33. The van der Waals surface area contributed by atoms with Gasteiger partial charge in [0.2, 0.25) is 17.7 Å². The minimum Gasteiger partial charge on any atom is -0.368 e. The van der Waals surface area contributed by atoms with Crippen LogP contribution in [-0.2, 0) is 20.8 Å². The topological polar surface area (TPSA) is 92.5 Å². The summed E-state index contributed by atoms with van der Waals surface area (Å²) in [4.78, 5) is 39.5. The van der Waals surface area contributed by atoms with Crippen LogP contribution in [-0.4, -0.2) is 47.0 Å². The Balaban J connectivity index is 2.02. The summed E-state index contributed by atoms with van der Waals surface area (Å²) in [7, 11) is 0. The molecule has 0 saturated carbocycles. The maximum Gasteiger partial charge on any atom is 0.244 e. The van der Waals surface area contributed by atoms with Gasteiger partial charge in [0.05, 0.1) is 11.7 Å². The van der Waals surface area contributed by atoms with E-state index in [0.717, 1.165) is 22.6 Å². The van der Waals surface area contributed by atoms with Gasteiger partial charge in [-0.1, -0.05) is 30.3 Å². The van der Waals surface area contributed by atoms with Gasteiger partial charge in [-0.25, -0.2) is 8.78 Å². The number of rotatable bonds is 6. The van der Waals surface area contributed by atoms with Gasteiger partial charge < -0.3 is 16.0 Å². The molecule has 1 saturated heterocycles. The summed E-state index contributed by atoms with van der Waals surface area (Å²) >= 11 is 1.49. The SMILES string of the molecule is C[C@@H](C(N)=O)N(C(=O)Cc1cc(F)cc(F)c1)[C@@H]1C(=O)NCCS[C@@H]1c1ccccc1. The number of benzene rings is 2. The summed E-state index contributed by atoms with van der Waals surface area (Å²) in [5.41, 5.74) is 6.42. The lowest BCUT2D eigenvalue weighted by molar-refractivity contribution is -0.146. The number of amides is 3. The quantitative estimate of drug-likeness (QED) is 0.710. The molecule has 1 aliphatic heterocycles. The fraction of sp³-hybridized carbons (Fsp3) is 0.318. The lowest BCUT2D eigenvalue weighted by atomic mass is 9.99. The molecule has 1 heterocycles. The molecule has 3 amide bonds. The Labute approximate surface area is 183 Å². The summed E-state index contributed by atoms with van der Waals surface area (Å²) in [6, 6.07) is 9.87. The maximum absolute atomic E-state index is 13.6. The standard InChI is InChI=1S/C22H23F2N3O3S/c1-13(21(25)29)27(18(28)11-14-9-16(23)12-17(24)10-14)19-20(15-5-3-2-4-6-15)31-8-7-26-22(19)30/h2-6,9-10,12-13,19-20H,7-8,11H2,1H3,(H2,25,29)(H,26,30)/t13-,19-,20+/m0/s1. The maximum atomic E-state index is 13.6. The van der Waals surface area contributed by atoms with Crippen molar-refractivity contribution in [1.29, 1.82) is 0 Å². The molecule has 6 nitrogen and oxygen atoms in total. The Bertz CT molecular complexity index is 953. The summed E-state index contributed by atoms with van der Waals surface area (Å²) in [6.07, 6.45) is -0.387. The molecule has 2 aromatic carbocycles. The van der Waals surface area contributed by atoms with E-state index < -0.39 is 46.7 Å². The number of nitrogens with one attached hydrogen (secondary N) is 1. The van der Waals surface area contributed by atoms with Gasteiger partial charge in [-0.2, -0.15) is 0 Å². The van der Waals surface area contributed by atoms with Gasteiger partial charge >= 0.3 is 0 Å². The van der Waals surface area contributed by atoms with Crippen LogP contribution < -0.4 is 11.1 Å². The Morgan fingerprint density at radius 1 is 1.19 bits per heavy atom. The molecule has 1 aliphatic rings. The zero-order valence-corrected chi connectivity index (χ0v) is 17.7. The average molecular weight is 448 g/mol. The van der Waals surface area contributed by atoms with Crippen LogP contribution in [0.25, 0.3) is 0 Å². The van der Waals surface area contributed by atoms with E-state index in [1.807, 2.05) is 30.3 Å². The molecule has 31 heavy (non-hydrogen) atoms. The third kappa shape index (κ3) is 5.41. The molecule has 0 aromatic heterocycles. The zero-order chi connectivity index (χ0) is 22.5. The molecular formula is C22H23F2N3O3S. The van der Waals surface area contributed by atoms with Crippen LogP contribution in [0, 0.1) is 11.6 Å². The number of thioether (sulfide) groups is 1. The minimum absolute atomic E-state index is 0.0992. The van der Waals surface area contributed by atoms with Crippen LogP contribution in [0.2, 0.25) is 0 Å². The van der Waals surface area contributed by atoms with Gasteiger partial charge in [-0.15, -0.1) is 11.8 Å². The van der Waals surface area contributed by atoms with Crippen LogP contribution in [0.4, 0.5) is 8.78 Å². The van der Waals surface area contributed by atoms with Crippen molar-refractivity contribution >= 4 is 29.5 Å². The molecule has 164 valence electrons. The van der Waals surface area contributed by atoms with Gasteiger partial charge in [0.25, 0.3) is 0 Å². The van der Waals surface area contributed by atoms with Crippen LogP contribution in [0.15, 0.2) is 48.5 Å². The fourth-order valence-electron chi connectivity index (χ4n) is 3.61. The van der Waals surface area contributed by atoms with Gasteiger partial charge in [0.1, 0.15) is 23.7 Å². The average Bonchev–Trinajstić information content (AvgIpc) is 2.90. The monoisotopic (exact) mass is 447 g/mol. The van der Waals surface area contributed by atoms with E-state index in [2.05, 4.69) is 5.32 Å². The molecule has 3 rings (SSSR count). The van der Waals surface area contributed by atoms with Crippen molar-refractivity contribution < 1.29 is 23.2 Å². The second-order valence-electron chi connectivity index (χ2n) is 7.27. The first-order valence-electron chi connectivity index (χ1n) is 9.77. The second kappa shape index (κ2) is 9.91. The molecule has 0 aliphatic carbocycles. The van der Waals surface area contributed by atoms with Gasteiger partial charge in [-0.05, 0) is 30.2 Å². The highest BCUT2D eigenvalue weighted by Crippen LogP contribution is 2.37. The summed E-state index contributed by atoms with van der Waals surface area (Å²) in [6.45, 7) is 1.85. The van der Waals surface area contributed by atoms with Crippen molar-refractivity contribution in [2.75, 3.05) is 12.3 Å². The lowest BCUT2D eigenvalue weighted by Gasteiger charge is -2.37. The molecule has 0 spiro atoms. The highest BCUT2D eigenvalue weighted by molar-refractivity contribution is 7.99. The van der Waals surface area contributed by atoms with Crippen LogP contribution in [0.1, 0.15) is 23.3 Å². The smallest absolute Gasteiger partial charge is 0.244 e. The number of hydrogen-bond donors (Lipinski definition) is 2. The normalized spacial score (nSPS) is 19.8. The van der Waals surface area contributed by atoms with E-state index in [0.29, 0.717) is 18.4 Å². The van der Waals surface area contributed by atoms with Crippen LogP contribution in [0.3, 0.4) is 0 Å². The van der Waals surface area contributed by atoms with Crippen molar-refractivity contribution in [3.05, 3.63) is 71.3 Å². The number of nitrogens with two attached hydrogens (primary N) is 1. The molecule has 1 fully saturated rings. The molecule has 3 atom stereocenters. The molecule has 0 bridgehead atoms. The first kappa shape index (κ1) is 22.7. The third-order valence-electron chi connectivity index (χ3n) is 5.08. The third-order valence-corrected chi connectivity index (χ3v) is 6.41. The predicted octanol–water partition coefficient (Wildman–Crippen LogP) is 2.18. The van der Waals surface area contributed by atoms with E-state index in [4.69, 9.17) is 5.73 Å². The second-order valence-corrected chi connectivity index (χ2v) is 8.52. The Morgan fingerprint density at radius 3 is 2.45 bits per heavy atom. The first-order valence-corrected chi connectivity index (χ1v) is 10.8. The highest BCUT2D eigenvalue weighted by Gasteiger charge is 2.42. The van der Waals surface area contributed by atoms with Crippen LogP contribution in [0.5, 0.6) is 0 Å². The van der Waals surface area contributed by atoms with Crippen molar-refractivity contribution in [2.45, 2.75) is 30.7 Å². The van der Waals surface area contributed by atoms with Crippen molar-refractivity contribution in [3.8, 4) is 0 Å². The molecule has 9 heteroatoms. The van der Waals surface area contributed by atoms with E-state index in [9.17, 15) is 23.2 Å². The van der Waals surface area contributed by atoms with E-state index in [-0.39, 0.29) is 12.0 Å². The van der Waals surface area contributed by atoms with E-state index >= 15 is 0 Å². The lowest BCUT2D eigenvalue weighted by Crippen LogP contribution is -2.58. The summed E-state index contributed by atoms with van der Waals surface area (Å²) in [5.74, 6) is -2.84. The highest BCUT2D eigenvalue weighted by atomic mass is 32.2. The molecule has 2 aromatic rings. The number of carbonyl (C=O) groups excluding carboxylic acids is 3. The Kier molecular flexibility index (Phi) is 7.27. The fourth-order valence-corrected chi connectivity index (χ4v) is 4.88. The number of halogens is 2. The molecule has 3 N–H and O–H groups in total. The number of hydrogen-bond acceptors (Lipinski definition) is 4. The summed E-state index contributed by atoms with van der Waals surface area (Å²) < 4.78 is 27.2. The van der Waals surface area contributed by atoms with Gasteiger partial charge in [0.15, 0.2) is 0 Å². The Hall–Kier alpha value is -2.94. The molecular weight excluding hydrogens is 424 g/mol. The number of primary amides is 1. The predicted molar refractivity (Wildman–Crippen MR) is 114 cm³/mol. The van der Waals surface area contributed by atoms with E-state index in [1.165, 1.54) is 18.7 Å². The molecule has 0 unspecified atom stereocenters. The van der Waals surface area contributed by atoms with Crippen molar-refractivity contribution in [2.24, 2.45) is 5.73 Å². The molecule has 0 radical (unpaired) electrons. The number of carbonyl (C=O) groups is 3. The number of nitrogens with zero attached hydrogens (tertiary/aromatic N) is 1. The minimum atomic E-state index is -1.11. The van der Waals surface area contributed by atoms with Crippen LogP contribution >= 0.6 is 11.8 Å². The van der Waals surface area contributed by atoms with E-state index in [1.54, 1.807) is 0 Å². The van der Waals surface area contributed by atoms with Gasteiger partial charge in [0, 0.05) is 18.4 Å². The Morgan fingerprint density at radius 2 is 1.84 bits per heavy atom. The zero-order valence-electron chi connectivity index (χ0n) is 16.9.